The van der Waals surface area contributed by atoms with Crippen LogP contribution < -0.4 is 0 Å². The van der Waals surface area contributed by atoms with Gasteiger partial charge in [0.05, 0.1) is 0 Å². The molecule has 21 heavy (non-hydrogen) atoms. The fourth-order valence-electron chi connectivity index (χ4n) is 2.64. The summed E-state index contributed by atoms with van der Waals surface area (Å²) in [4.78, 5) is 12.6. The molecule has 0 bridgehead atoms. The first-order valence-electron chi connectivity index (χ1n) is 7.58. The van der Waals surface area contributed by atoms with E-state index in [0.717, 1.165) is 12.0 Å². The maximum atomic E-state index is 12.6. The predicted octanol–water partition coefficient (Wildman–Crippen LogP) is 4.93. The van der Waals surface area contributed by atoms with E-state index in [0.29, 0.717) is 12.8 Å². The minimum atomic E-state index is -1.44. The molecule has 0 saturated heterocycles. The van der Waals surface area contributed by atoms with Crippen LogP contribution in [-0.2, 0) is 4.79 Å². The quantitative estimate of drug-likeness (QED) is 0.409. The van der Waals surface area contributed by atoms with Crippen LogP contribution in [0, 0.1) is 22.3 Å². The third-order valence-electron chi connectivity index (χ3n) is 4.04. The number of hydrogen-bond donors (Lipinski definition) is 0. The lowest BCUT2D eigenvalue weighted by Gasteiger charge is -2.39. The zero-order valence-electron chi connectivity index (χ0n) is 14.2. The van der Waals surface area contributed by atoms with Crippen molar-refractivity contribution in [1.82, 2.24) is 0 Å². The van der Waals surface area contributed by atoms with Crippen molar-refractivity contribution in [2.24, 2.45) is 10.8 Å². The predicted molar refractivity (Wildman–Crippen MR) is 94.7 cm³/mol. The highest BCUT2D eigenvalue weighted by Gasteiger charge is 2.42. The Hall–Kier alpha value is -1.33. The Labute approximate surface area is 131 Å². The normalized spacial score (nSPS) is 29.2. The summed E-state index contributed by atoms with van der Waals surface area (Å²) in [5.74, 6) is 3.69. The Morgan fingerprint density at radius 1 is 1.24 bits per heavy atom. The Balaban J connectivity index is 3.37. The summed E-state index contributed by atoms with van der Waals surface area (Å²) in [5.41, 5.74) is 3.90. The summed E-state index contributed by atoms with van der Waals surface area (Å²) >= 11 is 0. The average molecular weight is 301 g/mol. The lowest BCUT2D eigenvalue weighted by Crippen LogP contribution is -2.37. The summed E-state index contributed by atoms with van der Waals surface area (Å²) in [6.45, 7) is 18.5. The van der Waals surface area contributed by atoms with Gasteiger partial charge in [0.15, 0.2) is 0 Å². The number of carbonyl (C=O) groups is 1. The van der Waals surface area contributed by atoms with Crippen molar-refractivity contribution in [3.05, 3.63) is 37.0 Å². The van der Waals surface area contributed by atoms with E-state index in [1.54, 1.807) is 0 Å². The van der Waals surface area contributed by atoms with Crippen molar-refractivity contribution in [2.45, 2.75) is 52.8 Å². The summed E-state index contributed by atoms with van der Waals surface area (Å²) in [7, 11) is -1.44. The second kappa shape index (κ2) is 6.20. The summed E-state index contributed by atoms with van der Waals surface area (Å²) in [5, 5.41) is 0. The first kappa shape index (κ1) is 17.7. The molecule has 2 atom stereocenters. The molecule has 1 aliphatic rings. The molecule has 0 heterocycles. The minimum Gasteiger partial charge on any atom is -0.299 e. The molecule has 0 unspecified atom stereocenters. The van der Waals surface area contributed by atoms with Crippen molar-refractivity contribution in [3.8, 4) is 11.5 Å². The third kappa shape index (κ3) is 4.31. The maximum Gasteiger partial charge on any atom is 0.143 e. The third-order valence-corrected chi connectivity index (χ3v) is 4.91. The molecule has 1 rings (SSSR count). The Morgan fingerprint density at radius 3 is 2.29 bits per heavy atom. The molecule has 0 aromatic heterocycles. The van der Waals surface area contributed by atoms with E-state index >= 15 is 0 Å². The molecular weight excluding hydrogens is 272 g/mol. The van der Waals surface area contributed by atoms with Gasteiger partial charge < -0.3 is 0 Å². The van der Waals surface area contributed by atoms with Crippen molar-refractivity contribution in [1.29, 1.82) is 0 Å². The fraction of sp³-hybridized carbons (Fsp3) is 0.526. The highest BCUT2D eigenvalue weighted by Crippen LogP contribution is 2.45. The van der Waals surface area contributed by atoms with Crippen LogP contribution in [0.4, 0.5) is 0 Å². The molecular formula is C19H28OSi. The van der Waals surface area contributed by atoms with Crippen LogP contribution in [0.5, 0.6) is 0 Å². The largest absolute Gasteiger partial charge is 0.299 e. The standard InChI is InChI=1S/C19H28OSi/c1-8-11-18(3)15-17(20)19(4,12-9-2)14-16(18)10-13-21(5,6)7/h8-9,14H,1-2,11-12,15H2,3-7H3/t18-,19-/m1/s1. The number of carbonyl (C=O) groups excluding carboxylic acids is 1. The van der Waals surface area contributed by atoms with Crippen molar-refractivity contribution < 1.29 is 4.79 Å². The summed E-state index contributed by atoms with van der Waals surface area (Å²) < 4.78 is 0. The highest BCUT2D eigenvalue weighted by molar-refractivity contribution is 6.83. The van der Waals surface area contributed by atoms with Gasteiger partial charge in [-0.2, -0.15) is 0 Å². The molecule has 1 nitrogen and oxygen atoms in total. The first-order chi connectivity index (χ1) is 9.56. The van der Waals surface area contributed by atoms with Crippen LogP contribution in [0.1, 0.15) is 33.1 Å². The Morgan fingerprint density at radius 2 is 1.81 bits per heavy atom. The number of allylic oxidation sites excluding steroid dienone is 4. The molecule has 0 aromatic rings. The van der Waals surface area contributed by atoms with Crippen LogP contribution >= 0.6 is 0 Å². The monoisotopic (exact) mass is 300 g/mol. The Bertz CT molecular complexity index is 538. The van der Waals surface area contributed by atoms with Gasteiger partial charge in [-0.25, -0.2) is 0 Å². The molecule has 0 amide bonds. The second-order valence-electron chi connectivity index (χ2n) is 7.62. The van der Waals surface area contributed by atoms with Gasteiger partial charge in [0, 0.05) is 22.8 Å². The summed E-state index contributed by atoms with van der Waals surface area (Å²) in [6.07, 6.45) is 7.82. The van der Waals surface area contributed by atoms with Crippen LogP contribution in [0.15, 0.2) is 37.0 Å². The highest BCUT2D eigenvalue weighted by atomic mass is 28.3. The van der Waals surface area contributed by atoms with Crippen molar-refractivity contribution in [2.75, 3.05) is 0 Å². The van der Waals surface area contributed by atoms with E-state index in [-0.39, 0.29) is 11.2 Å². The molecule has 2 heteroatoms. The zero-order valence-corrected chi connectivity index (χ0v) is 15.2. The van der Waals surface area contributed by atoms with Crippen LogP contribution in [-0.4, -0.2) is 13.9 Å². The van der Waals surface area contributed by atoms with E-state index in [1.165, 1.54) is 0 Å². The van der Waals surface area contributed by atoms with Crippen molar-refractivity contribution in [3.63, 3.8) is 0 Å². The van der Waals surface area contributed by atoms with Gasteiger partial charge in [-0.15, -0.1) is 18.7 Å². The average Bonchev–Trinajstić information content (AvgIpc) is 2.32. The van der Waals surface area contributed by atoms with Gasteiger partial charge in [-0.3, -0.25) is 4.79 Å². The van der Waals surface area contributed by atoms with E-state index in [4.69, 9.17) is 0 Å². The lowest BCUT2D eigenvalue weighted by atomic mass is 9.63. The maximum absolute atomic E-state index is 12.6. The molecule has 114 valence electrons. The number of hydrogen-bond acceptors (Lipinski definition) is 1. The minimum absolute atomic E-state index is 0.202. The van der Waals surface area contributed by atoms with E-state index in [9.17, 15) is 4.79 Å². The van der Waals surface area contributed by atoms with Gasteiger partial charge in [0.25, 0.3) is 0 Å². The lowest BCUT2D eigenvalue weighted by molar-refractivity contribution is -0.128. The summed E-state index contributed by atoms with van der Waals surface area (Å²) in [6, 6.07) is 0. The van der Waals surface area contributed by atoms with Gasteiger partial charge >= 0.3 is 0 Å². The van der Waals surface area contributed by atoms with Crippen molar-refractivity contribution >= 4 is 13.9 Å². The molecule has 0 N–H and O–H groups in total. The van der Waals surface area contributed by atoms with E-state index in [2.05, 4.69) is 57.3 Å². The topological polar surface area (TPSA) is 17.1 Å². The molecule has 0 saturated carbocycles. The molecule has 0 radical (unpaired) electrons. The van der Waals surface area contributed by atoms with Gasteiger partial charge in [0.2, 0.25) is 0 Å². The van der Waals surface area contributed by atoms with Gasteiger partial charge in [0.1, 0.15) is 13.9 Å². The number of Topliss-reactive ketones (excluding diaryl/α,β-unsaturated/α-hetero) is 1. The van der Waals surface area contributed by atoms with Crippen LogP contribution in [0.25, 0.3) is 0 Å². The smallest absolute Gasteiger partial charge is 0.143 e. The van der Waals surface area contributed by atoms with E-state index in [1.807, 2.05) is 19.1 Å². The number of ketones is 1. The zero-order chi connectivity index (χ0) is 16.3. The van der Waals surface area contributed by atoms with E-state index < -0.39 is 13.5 Å². The fourth-order valence-corrected chi connectivity index (χ4v) is 3.15. The molecule has 0 aliphatic heterocycles. The van der Waals surface area contributed by atoms with Gasteiger partial charge in [-0.1, -0.05) is 50.7 Å². The number of rotatable bonds is 4. The first-order valence-corrected chi connectivity index (χ1v) is 11.1. The molecule has 0 fully saturated rings. The molecule has 0 aromatic carbocycles. The second-order valence-corrected chi connectivity index (χ2v) is 12.4. The molecule has 0 spiro atoms. The van der Waals surface area contributed by atoms with Crippen LogP contribution in [0.2, 0.25) is 19.6 Å². The van der Waals surface area contributed by atoms with Gasteiger partial charge in [-0.05, 0) is 19.8 Å². The SMILES string of the molecule is C=CC[C@]1(C)CC(=O)[C@](C)(CC=C)C=C1C#C[Si](C)(C)C. The van der Waals surface area contributed by atoms with Crippen LogP contribution in [0.3, 0.4) is 0 Å². The Kier molecular flexibility index (Phi) is 5.23. The molecule has 1 aliphatic carbocycles.